The molecule has 1 aliphatic carbocycles. The summed E-state index contributed by atoms with van der Waals surface area (Å²) in [5, 5.41) is 6.80. The molecule has 1 saturated carbocycles. The van der Waals surface area contributed by atoms with Crippen molar-refractivity contribution >= 4 is 28.4 Å². The number of amides is 2. The third kappa shape index (κ3) is 3.15. The van der Waals surface area contributed by atoms with Crippen molar-refractivity contribution in [2.24, 2.45) is 0 Å². The minimum absolute atomic E-state index is 0.104. The summed E-state index contributed by atoms with van der Waals surface area (Å²) in [5.74, 6) is -0.333. The molecule has 0 bridgehead atoms. The summed E-state index contributed by atoms with van der Waals surface area (Å²) in [7, 11) is 0. The van der Waals surface area contributed by atoms with Crippen molar-refractivity contribution < 1.29 is 9.59 Å². The summed E-state index contributed by atoms with van der Waals surface area (Å²) < 4.78 is 0. The first-order valence-corrected chi connectivity index (χ1v) is 8.12. The number of carbonyl (C=O) groups is 2. The van der Waals surface area contributed by atoms with Crippen molar-refractivity contribution in [3.05, 3.63) is 48.7 Å². The van der Waals surface area contributed by atoms with Gasteiger partial charge in [0.2, 0.25) is 11.8 Å². The second kappa shape index (κ2) is 6.43. The number of anilines is 1. The van der Waals surface area contributed by atoms with Crippen LogP contribution >= 0.6 is 0 Å². The lowest BCUT2D eigenvalue weighted by atomic mass is 9.74. The molecule has 0 spiro atoms. The Morgan fingerprint density at radius 3 is 2.79 bits per heavy atom. The zero-order chi connectivity index (χ0) is 17.2. The van der Waals surface area contributed by atoms with Gasteiger partial charge in [0, 0.05) is 17.1 Å². The van der Waals surface area contributed by atoms with E-state index in [0.29, 0.717) is 0 Å². The molecule has 0 radical (unpaired) electrons. The zero-order valence-electron chi connectivity index (χ0n) is 13.8. The SMILES string of the molecule is C=CC(=O)NC1(CC(=O)Nc2ccc(C)c3ncccc23)CCC1. The summed E-state index contributed by atoms with van der Waals surface area (Å²) in [5.41, 5.74) is 2.26. The molecule has 1 heterocycles. The van der Waals surface area contributed by atoms with Gasteiger partial charge in [-0.15, -0.1) is 0 Å². The normalized spacial score (nSPS) is 15.4. The molecule has 0 atom stereocenters. The average Bonchev–Trinajstić information content (AvgIpc) is 2.55. The largest absolute Gasteiger partial charge is 0.347 e. The van der Waals surface area contributed by atoms with Crippen LogP contribution in [-0.4, -0.2) is 22.3 Å². The van der Waals surface area contributed by atoms with Crippen molar-refractivity contribution in [1.82, 2.24) is 10.3 Å². The highest BCUT2D eigenvalue weighted by atomic mass is 16.2. The lowest BCUT2D eigenvalue weighted by molar-refractivity contribution is -0.122. The van der Waals surface area contributed by atoms with Crippen LogP contribution in [0.5, 0.6) is 0 Å². The van der Waals surface area contributed by atoms with Gasteiger partial charge >= 0.3 is 0 Å². The van der Waals surface area contributed by atoms with Crippen LogP contribution in [0.25, 0.3) is 10.9 Å². The first-order valence-electron chi connectivity index (χ1n) is 8.12. The van der Waals surface area contributed by atoms with Crippen LogP contribution in [0, 0.1) is 6.92 Å². The van der Waals surface area contributed by atoms with Crippen molar-refractivity contribution in [3.63, 3.8) is 0 Å². The van der Waals surface area contributed by atoms with Gasteiger partial charge in [-0.05, 0) is 56.0 Å². The molecule has 0 aliphatic heterocycles. The van der Waals surface area contributed by atoms with Crippen LogP contribution in [0.3, 0.4) is 0 Å². The smallest absolute Gasteiger partial charge is 0.243 e. The molecule has 0 unspecified atom stereocenters. The topological polar surface area (TPSA) is 71.1 Å². The van der Waals surface area contributed by atoms with E-state index in [1.54, 1.807) is 6.20 Å². The molecule has 0 saturated heterocycles. The third-order valence-electron chi connectivity index (χ3n) is 4.63. The summed E-state index contributed by atoms with van der Waals surface area (Å²) >= 11 is 0. The second-order valence-electron chi connectivity index (χ2n) is 6.38. The number of aryl methyl sites for hydroxylation is 1. The maximum atomic E-state index is 12.5. The summed E-state index contributed by atoms with van der Waals surface area (Å²) in [6.45, 7) is 5.47. The van der Waals surface area contributed by atoms with Gasteiger partial charge in [-0.3, -0.25) is 14.6 Å². The Labute approximate surface area is 141 Å². The van der Waals surface area contributed by atoms with Gasteiger partial charge in [0.05, 0.1) is 17.6 Å². The molecule has 3 rings (SSSR count). The molecule has 1 aromatic carbocycles. The number of carbonyl (C=O) groups excluding carboxylic acids is 2. The standard InChI is InChI=1S/C19H21N3O2/c1-3-16(23)22-19(9-5-10-19)12-17(24)21-15-8-7-13(2)18-14(15)6-4-11-20-18/h3-4,6-8,11H,1,5,9-10,12H2,2H3,(H,21,24)(H,22,23). The van der Waals surface area contributed by atoms with E-state index in [4.69, 9.17) is 0 Å². The van der Waals surface area contributed by atoms with Crippen LogP contribution < -0.4 is 10.6 Å². The first kappa shape index (κ1) is 16.2. The van der Waals surface area contributed by atoms with E-state index in [1.807, 2.05) is 31.2 Å². The van der Waals surface area contributed by atoms with E-state index in [2.05, 4.69) is 22.2 Å². The van der Waals surface area contributed by atoms with Gasteiger partial charge in [-0.1, -0.05) is 12.6 Å². The van der Waals surface area contributed by atoms with Crippen molar-refractivity contribution in [3.8, 4) is 0 Å². The van der Waals surface area contributed by atoms with Crippen molar-refractivity contribution in [1.29, 1.82) is 0 Å². The number of nitrogens with one attached hydrogen (secondary N) is 2. The van der Waals surface area contributed by atoms with E-state index in [0.717, 1.165) is 41.4 Å². The molecule has 5 heteroatoms. The number of nitrogens with zero attached hydrogens (tertiary/aromatic N) is 1. The van der Waals surface area contributed by atoms with E-state index in [9.17, 15) is 9.59 Å². The molecule has 1 fully saturated rings. The van der Waals surface area contributed by atoms with Crippen LogP contribution in [0.4, 0.5) is 5.69 Å². The fraction of sp³-hybridized carbons (Fsp3) is 0.316. The quantitative estimate of drug-likeness (QED) is 0.831. The Balaban J connectivity index is 1.77. The Bertz CT molecular complexity index is 809. The number of aromatic nitrogens is 1. The average molecular weight is 323 g/mol. The van der Waals surface area contributed by atoms with Gasteiger partial charge in [0.1, 0.15) is 0 Å². The van der Waals surface area contributed by atoms with Crippen LogP contribution in [0.15, 0.2) is 43.1 Å². The third-order valence-corrected chi connectivity index (χ3v) is 4.63. The minimum Gasteiger partial charge on any atom is -0.347 e. The Kier molecular flexibility index (Phi) is 4.34. The van der Waals surface area contributed by atoms with Gasteiger partial charge < -0.3 is 10.6 Å². The summed E-state index contributed by atoms with van der Waals surface area (Å²) in [6, 6.07) is 7.65. The highest BCUT2D eigenvalue weighted by Gasteiger charge is 2.39. The molecule has 1 aliphatic rings. The number of hydrogen-bond donors (Lipinski definition) is 2. The first-order chi connectivity index (χ1) is 11.5. The summed E-state index contributed by atoms with van der Waals surface area (Å²) in [4.78, 5) is 28.5. The highest BCUT2D eigenvalue weighted by molar-refractivity contribution is 6.02. The van der Waals surface area contributed by atoms with Crippen LogP contribution in [0.2, 0.25) is 0 Å². The van der Waals surface area contributed by atoms with Crippen molar-refractivity contribution in [2.75, 3.05) is 5.32 Å². The minimum atomic E-state index is -0.436. The highest BCUT2D eigenvalue weighted by Crippen LogP contribution is 2.35. The second-order valence-corrected chi connectivity index (χ2v) is 6.38. The fourth-order valence-electron chi connectivity index (χ4n) is 3.19. The number of hydrogen-bond acceptors (Lipinski definition) is 3. The molecule has 24 heavy (non-hydrogen) atoms. The van der Waals surface area contributed by atoms with Gasteiger partial charge in [0.25, 0.3) is 0 Å². The van der Waals surface area contributed by atoms with Crippen molar-refractivity contribution in [2.45, 2.75) is 38.1 Å². The molecular weight excluding hydrogens is 302 g/mol. The molecule has 2 aromatic rings. The maximum Gasteiger partial charge on any atom is 0.243 e. The molecule has 2 N–H and O–H groups in total. The Hall–Kier alpha value is -2.69. The molecular formula is C19H21N3O2. The molecule has 2 amide bonds. The Morgan fingerprint density at radius 1 is 1.33 bits per heavy atom. The monoisotopic (exact) mass is 323 g/mol. The number of pyridine rings is 1. The van der Waals surface area contributed by atoms with Gasteiger partial charge in [-0.25, -0.2) is 0 Å². The van der Waals surface area contributed by atoms with Crippen LogP contribution in [-0.2, 0) is 9.59 Å². The number of rotatable bonds is 5. The molecule has 124 valence electrons. The zero-order valence-corrected chi connectivity index (χ0v) is 13.8. The number of benzene rings is 1. The van der Waals surface area contributed by atoms with E-state index < -0.39 is 5.54 Å². The van der Waals surface area contributed by atoms with Crippen LogP contribution in [0.1, 0.15) is 31.2 Å². The predicted octanol–water partition coefficient (Wildman–Crippen LogP) is 3.10. The summed E-state index contributed by atoms with van der Waals surface area (Å²) in [6.07, 6.45) is 5.91. The van der Waals surface area contributed by atoms with Gasteiger partial charge in [0.15, 0.2) is 0 Å². The lowest BCUT2D eigenvalue weighted by Crippen LogP contribution is -2.54. The molecule has 1 aromatic heterocycles. The fourth-order valence-corrected chi connectivity index (χ4v) is 3.19. The van der Waals surface area contributed by atoms with E-state index in [1.165, 1.54) is 6.08 Å². The van der Waals surface area contributed by atoms with E-state index in [-0.39, 0.29) is 18.2 Å². The van der Waals surface area contributed by atoms with Gasteiger partial charge in [-0.2, -0.15) is 0 Å². The Morgan fingerprint density at radius 2 is 2.12 bits per heavy atom. The maximum absolute atomic E-state index is 12.5. The van der Waals surface area contributed by atoms with E-state index >= 15 is 0 Å². The molecule has 5 nitrogen and oxygen atoms in total. The lowest BCUT2D eigenvalue weighted by Gasteiger charge is -2.41. The predicted molar refractivity (Wildman–Crippen MR) is 94.6 cm³/mol. The number of fused-ring (bicyclic) bond motifs is 1.